The first-order valence-electron chi connectivity index (χ1n) is 6.10. The van der Waals surface area contributed by atoms with Crippen molar-refractivity contribution in [2.24, 2.45) is 0 Å². The highest BCUT2D eigenvalue weighted by molar-refractivity contribution is 5.21. The van der Waals surface area contributed by atoms with Crippen LogP contribution in [0.5, 0.6) is 0 Å². The maximum atomic E-state index is 12.7. The smallest absolute Gasteiger partial charge is 0.123 e. The predicted molar refractivity (Wildman–Crippen MR) is 70.8 cm³/mol. The summed E-state index contributed by atoms with van der Waals surface area (Å²) in [6.45, 7) is 3.78. The first kappa shape index (κ1) is 12.7. The van der Waals surface area contributed by atoms with Crippen molar-refractivity contribution in [2.45, 2.75) is 19.9 Å². The monoisotopic (exact) mass is 244 g/mol. The summed E-state index contributed by atoms with van der Waals surface area (Å²) < 4.78 is 12.7. The van der Waals surface area contributed by atoms with Crippen molar-refractivity contribution in [2.75, 3.05) is 6.54 Å². The van der Waals surface area contributed by atoms with E-state index in [1.165, 1.54) is 23.3 Å². The van der Waals surface area contributed by atoms with E-state index in [4.69, 9.17) is 0 Å². The van der Waals surface area contributed by atoms with E-state index < -0.39 is 0 Å². The van der Waals surface area contributed by atoms with E-state index in [1.54, 1.807) is 6.20 Å². The molecule has 0 aliphatic carbocycles. The van der Waals surface area contributed by atoms with Crippen LogP contribution >= 0.6 is 0 Å². The summed E-state index contributed by atoms with van der Waals surface area (Å²) in [5.74, 6) is -0.183. The molecule has 0 saturated carbocycles. The molecule has 1 heterocycles. The van der Waals surface area contributed by atoms with Crippen LogP contribution in [0.2, 0.25) is 0 Å². The Kier molecular flexibility index (Phi) is 4.42. The molecule has 0 amide bonds. The van der Waals surface area contributed by atoms with Crippen LogP contribution < -0.4 is 5.32 Å². The first-order valence-corrected chi connectivity index (χ1v) is 6.10. The minimum atomic E-state index is -0.183. The second-order valence-corrected chi connectivity index (χ2v) is 4.36. The van der Waals surface area contributed by atoms with E-state index in [9.17, 15) is 4.39 Å². The van der Waals surface area contributed by atoms with E-state index in [2.05, 4.69) is 17.2 Å². The molecule has 18 heavy (non-hydrogen) atoms. The van der Waals surface area contributed by atoms with Crippen molar-refractivity contribution in [3.63, 3.8) is 0 Å². The van der Waals surface area contributed by atoms with Gasteiger partial charge in [-0.1, -0.05) is 12.1 Å². The van der Waals surface area contributed by atoms with Crippen LogP contribution in [0.15, 0.2) is 42.7 Å². The lowest BCUT2D eigenvalue weighted by atomic mass is 10.1. The van der Waals surface area contributed by atoms with E-state index in [-0.39, 0.29) is 5.82 Å². The number of nitrogens with one attached hydrogen (secondary N) is 1. The molecule has 0 aliphatic rings. The third-order valence-electron chi connectivity index (χ3n) is 2.97. The number of hydrogen-bond donors (Lipinski definition) is 1. The number of aromatic nitrogens is 1. The highest BCUT2D eigenvalue weighted by Gasteiger charge is 1.98. The largest absolute Gasteiger partial charge is 0.312 e. The molecule has 0 atom stereocenters. The lowest BCUT2D eigenvalue weighted by Crippen LogP contribution is -2.17. The number of benzene rings is 1. The SMILES string of the molecule is Cc1ccncc1CNCCc1ccc(F)cc1. The van der Waals surface area contributed by atoms with Gasteiger partial charge in [-0.2, -0.15) is 0 Å². The van der Waals surface area contributed by atoms with Gasteiger partial charge in [0.2, 0.25) is 0 Å². The molecule has 0 bridgehead atoms. The van der Waals surface area contributed by atoms with Crippen molar-refractivity contribution >= 4 is 0 Å². The maximum Gasteiger partial charge on any atom is 0.123 e. The minimum Gasteiger partial charge on any atom is -0.312 e. The number of hydrogen-bond acceptors (Lipinski definition) is 2. The Morgan fingerprint density at radius 2 is 1.94 bits per heavy atom. The van der Waals surface area contributed by atoms with Gasteiger partial charge in [-0.05, 0) is 54.8 Å². The van der Waals surface area contributed by atoms with Crippen molar-refractivity contribution in [1.82, 2.24) is 10.3 Å². The van der Waals surface area contributed by atoms with Crippen LogP contribution in [0.3, 0.4) is 0 Å². The molecular formula is C15H17FN2. The van der Waals surface area contributed by atoms with Crippen molar-refractivity contribution in [1.29, 1.82) is 0 Å². The van der Waals surface area contributed by atoms with E-state index in [1.807, 2.05) is 24.4 Å². The summed E-state index contributed by atoms with van der Waals surface area (Å²) in [6, 6.07) is 8.66. The van der Waals surface area contributed by atoms with Crippen LogP contribution in [0.4, 0.5) is 4.39 Å². The van der Waals surface area contributed by atoms with Gasteiger partial charge in [-0.25, -0.2) is 4.39 Å². The van der Waals surface area contributed by atoms with Gasteiger partial charge in [0.25, 0.3) is 0 Å². The quantitative estimate of drug-likeness (QED) is 0.818. The molecule has 0 saturated heterocycles. The van der Waals surface area contributed by atoms with E-state index in [0.29, 0.717) is 0 Å². The summed E-state index contributed by atoms with van der Waals surface area (Å²) in [4.78, 5) is 4.11. The molecular weight excluding hydrogens is 227 g/mol. The molecule has 1 aromatic carbocycles. The zero-order chi connectivity index (χ0) is 12.8. The molecule has 0 radical (unpaired) electrons. The summed E-state index contributed by atoms with van der Waals surface area (Å²) >= 11 is 0. The Morgan fingerprint density at radius 3 is 2.67 bits per heavy atom. The van der Waals surface area contributed by atoms with E-state index in [0.717, 1.165) is 25.1 Å². The number of halogens is 1. The molecule has 1 aromatic heterocycles. The fraction of sp³-hybridized carbons (Fsp3) is 0.267. The zero-order valence-electron chi connectivity index (χ0n) is 10.5. The Balaban J connectivity index is 1.76. The van der Waals surface area contributed by atoms with Crippen LogP contribution in [-0.2, 0) is 13.0 Å². The molecule has 2 rings (SSSR count). The molecule has 0 unspecified atom stereocenters. The van der Waals surface area contributed by atoms with E-state index >= 15 is 0 Å². The highest BCUT2D eigenvalue weighted by atomic mass is 19.1. The lowest BCUT2D eigenvalue weighted by Gasteiger charge is -2.07. The van der Waals surface area contributed by atoms with Crippen LogP contribution in [0.1, 0.15) is 16.7 Å². The van der Waals surface area contributed by atoms with Gasteiger partial charge >= 0.3 is 0 Å². The standard InChI is InChI=1S/C15H17FN2/c1-12-6-8-17-10-14(12)11-18-9-7-13-2-4-15(16)5-3-13/h2-6,8,10,18H,7,9,11H2,1H3. The van der Waals surface area contributed by atoms with Gasteiger partial charge in [-0.15, -0.1) is 0 Å². The average molecular weight is 244 g/mol. The first-order chi connectivity index (χ1) is 8.75. The molecule has 94 valence electrons. The van der Waals surface area contributed by atoms with Gasteiger partial charge in [0.05, 0.1) is 0 Å². The molecule has 3 heteroatoms. The number of nitrogens with zero attached hydrogens (tertiary/aromatic N) is 1. The molecule has 0 spiro atoms. The van der Waals surface area contributed by atoms with Gasteiger partial charge in [0.15, 0.2) is 0 Å². The second-order valence-electron chi connectivity index (χ2n) is 4.36. The normalized spacial score (nSPS) is 10.6. The van der Waals surface area contributed by atoms with Crippen molar-refractivity contribution < 1.29 is 4.39 Å². The summed E-state index contributed by atoms with van der Waals surface area (Å²) in [7, 11) is 0. The molecule has 2 nitrogen and oxygen atoms in total. The molecule has 1 N–H and O–H groups in total. The van der Waals surface area contributed by atoms with Gasteiger partial charge in [0.1, 0.15) is 5.82 Å². The molecule has 0 aliphatic heterocycles. The summed E-state index contributed by atoms with van der Waals surface area (Å²) in [6.07, 6.45) is 4.59. The lowest BCUT2D eigenvalue weighted by molar-refractivity contribution is 0.626. The van der Waals surface area contributed by atoms with Crippen molar-refractivity contribution in [3.05, 3.63) is 65.2 Å². The predicted octanol–water partition coefficient (Wildman–Crippen LogP) is 2.86. The topological polar surface area (TPSA) is 24.9 Å². The number of rotatable bonds is 5. The Labute approximate surface area is 107 Å². The minimum absolute atomic E-state index is 0.183. The van der Waals surface area contributed by atoms with Crippen LogP contribution in [0, 0.1) is 12.7 Å². The highest BCUT2D eigenvalue weighted by Crippen LogP contribution is 2.05. The maximum absolute atomic E-state index is 12.7. The van der Waals surface area contributed by atoms with Crippen LogP contribution in [0.25, 0.3) is 0 Å². The molecule has 2 aromatic rings. The van der Waals surface area contributed by atoms with Gasteiger partial charge in [-0.3, -0.25) is 4.98 Å². The Morgan fingerprint density at radius 1 is 1.17 bits per heavy atom. The number of aryl methyl sites for hydroxylation is 1. The fourth-order valence-electron chi connectivity index (χ4n) is 1.79. The third kappa shape index (κ3) is 3.64. The summed E-state index contributed by atoms with van der Waals surface area (Å²) in [5, 5.41) is 3.37. The Hall–Kier alpha value is -1.74. The van der Waals surface area contributed by atoms with Gasteiger partial charge < -0.3 is 5.32 Å². The Bertz CT molecular complexity index is 494. The van der Waals surface area contributed by atoms with Gasteiger partial charge in [0, 0.05) is 18.9 Å². The average Bonchev–Trinajstić information content (AvgIpc) is 2.39. The fourth-order valence-corrected chi connectivity index (χ4v) is 1.79. The van der Waals surface area contributed by atoms with Crippen molar-refractivity contribution in [3.8, 4) is 0 Å². The number of pyridine rings is 1. The molecule has 0 fully saturated rings. The zero-order valence-corrected chi connectivity index (χ0v) is 10.5. The second kappa shape index (κ2) is 6.26. The summed E-state index contributed by atoms with van der Waals surface area (Å²) in [5.41, 5.74) is 3.61. The third-order valence-corrected chi connectivity index (χ3v) is 2.97. The van der Waals surface area contributed by atoms with Crippen LogP contribution in [-0.4, -0.2) is 11.5 Å².